The first-order valence-electron chi connectivity index (χ1n) is 5.38. The fourth-order valence-corrected chi connectivity index (χ4v) is 2.12. The Bertz CT molecular complexity index is 373. The average Bonchev–Trinajstić information content (AvgIpc) is 2.29. The minimum absolute atomic E-state index is 0.246. The summed E-state index contributed by atoms with van der Waals surface area (Å²) in [5.74, 6) is 0.288. The van der Waals surface area contributed by atoms with Gasteiger partial charge in [0.1, 0.15) is 5.82 Å². The van der Waals surface area contributed by atoms with Crippen molar-refractivity contribution in [1.29, 1.82) is 0 Å². The summed E-state index contributed by atoms with van der Waals surface area (Å²) >= 11 is 1.39. The molecule has 2 N–H and O–H groups in total. The Labute approximate surface area is 105 Å². The van der Waals surface area contributed by atoms with Gasteiger partial charge in [0, 0.05) is 11.8 Å². The van der Waals surface area contributed by atoms with Crippen LogP contribution in [0.25, 0.3) is 0 Å². The van der Waals surface area contributed by atoms with E-state index in [0.717, 1.165) is 5.56 Å². The lowest BCUT2D eigenvalue weighted by molar-refractivity contribution is -0.139. The molecule has 1 rings (SSSR count). The standard InChI is InChI=1S/C12H16FNO2S/c1-2-16-12(15)8-17-7-11(14)9-4-3-5-10(13)6-9/h3-6,11H,2,7-8,14H2,1H3. The molecule has 1 atom stereocenters. The SMILES string of the molecule is CCOC(=O)CSCC(N)c1cccc(F)c1. The summed E-state index contributed by atoms with van der Waals surface area (Å²) in [6, 6.07) is 5.92. The number of hydrogen-bond acceptors (Lipinski definition) is 4. The van der Waals surface area contributed by atoms with Crippen LogP contribution in [0.4, 0.5) is 4.39 Å². The highest BCUT2D eigenvalue weighted by Gasteiger charge is 2.09. The highest BCUT2D eigenvalue weighted by Crippen LogP contribution is 2.16. The second-order valence-corrected chi connectivity index (χ2v) is 4.51. The van der Waals surface area contributed by atoms with Crippen LogP contribution in [0.2, 0.25) is 0 Å². The van der Waals surface area contributed by atoms with Gasteiger partial charge in [0.05, 0.1) is 12.4 Å². The normalized spacial score (nSPS) is 12.2. The number of nitrogens with two attached hydrogens (primary N) is 1. The number of carbonyl (C=O) groups is 1. The van der Waals surface area contributed by atoms with Crippen LogP contribution >= 0.6 is 11.8 Å². The monoisotopic (exact) mass is 257 g/mol. The minimum Gasteiger partial charge on any atom is -0.465 e. The predicted molar refractivity (Wildman–Crippen MR) is 67.3 cm³/mol. The second-order valence-electron chi connectivity index (χ2n) is 3.48. The van der Waals surface area contributed by atoms with Gasteiger partial charge < -0.3 is 10.5 Å². The Hall–Kier alpha value is -1.07. The summed E-state index contributed by atoms with van der Waals surface area (Å²) in [5.41, 5.74) is 6.62. The third-order valence-corrected chi connectivity index (χ3v) is 3.13. The lowest BCUT2D eigenvalue weighted by Gasteiger charge is -2.11. The lowest BCUT2D eigenvalue weighted by atomic mass is 10.1. The minimum atomic E-state index is -0.298. The number of esters is 1. The molecule has 1 unspecified atom stereocenters. The molecule has 0 bridgehead atoms. The number of carbonyl (C=O) groups excluding carboxylic acids is 1. The van der Waals surface area contributed by atoms with E-state index >= 15 is 0 Å². The van der Waals surface area contributed by atoms with Crippen LogP contribution in [0.5, 0.6) is 0 Å². The molecular weight excluding hydrogens is 241 g/mol. The summed E-state index contributed by atoms with van der Waals surface area (Å²) in [6.07, 6.45) is 0. The number of halogens is 1. The average molecular weight is 257 g/mol. The maximum atomic E-state index is 12.9. The summed E-state index contributed by atoms with van der Waals surface area (Å²) < 4.78 is 17.7. The van der Waals surface area contributed by atoms with Gasteiger partial charge in [0.15, 0.2) is 0 Å². The number of hydrogen-bond donors (Lipinski definition) is 1. The van der Waals surface area contributed by atoms with Gasteiger partial charge in [-0.2, -0.15) is 0 Å². The van der Waals surface area contributed by atoms with Crippen LogP contribution in [-0.4, -0.2) is 24.1 Å². The molecule has 0 aromatic heterocycles. The van der Waals surface area contributed by atoms with Crippen LogP contribution in [0.3, 0.4) is 0 Å². The second kappa shape index (κ2) is 7.29. The quantitative estimate of drug-likeness (QED) is 0.793. The van der Waals surface area contributed by atoms with E-state index in [1.807, 2.05) is 0 Å². The molecule has 0 amide bonds. The predicted octanol–water partition coefficient (Wildman–Crippen LogP) is 2.12. The third kappa shape index (κ3) is 5.19. The van der Waals surface area contributed by atoms with Crippen molar-refractivity contribution in [2.45, 2.75) is 13.0 Å². The van der Waals surface area contributed by atoms with Crippen molar-refractivity contribution in [3.05, 3.63) is 35.6 Å². The molecule has 0 aliphatic carbocycles. The largest absolute Gasteiger partial charge is 0.465 e. The summed E-state index contributed by atoms with van der Waals surface area (Å²) in [6.45, 7) is 2.15. The maximum absolute atomic E-state index is 12.9. The number of thioether (sulfide) groups is 1. The van der Waals surface area contributed by atoms with E-state index in [-0.39, 0.29) is 23.6 Å². The van der Waals surface area contributed by atoms with E-state index < -0.39 is 0 Å². The van der Waals surface area contributed by atoms with Crippen molar-refractivity contribution in [2.75, 3.05) is 18.1 Å². The van der Waals surface area contributed by atoms with Crippen molar-refractivity contribution < 1.29 is 13.9 Å². The van der Waals surface area contributed by atoms with Crippen molar-refractivity contribution in [3.8, 4) is 0 Å². The number of rotatable bonds is 6. The van der Waals surface area contributed by atoms with Crippen LogP contribution in [0.15, 0.2) is 24.3 Å². The van der Waals surface area contributed by atoms with Crippen molar-refractivity contribution in [1.82, 2.24) is 0 Å². The summed E-state index contributed by atoms with van der Waals surface area (Å²) in [7, 11) is 0. The topological polar surface area (TPSA) is 52.3 Å². The zero-order valence-electron chi connectivity index (χ0n) is 9.69. The zero-order valence-corrected chi connectivity index (χ0v) is 10.5. The third-order valence-electron chi connectivity index (χ3n) is 2.10. The van der Waals surface area contributed by atoms with Gasteiger partial charge in [0.2, 0.25) is 0 Å². The fourth-order valence-electron chi connectivity index (χ4n) is 1.31. The Morgan fingerprint density at radius 2 is 2.35 bits per heavy atom. The first-order valence-corrected chi connectivity index (χ1v) is 6.53. The van der Waals surface area contributed by atoms with Crippen LogP contribution in [-0.2, 0) is 9.53 Å². The first kappa shape index (κ1) is 14.0. The Morgan fingerprint density at radius 1 is 1.59 bits per heavy atom. The van der Waals surface area contributed by atoms with Gasteiger partial charge in [-0.3, -0.25) is 4.79 Å². The van der Waals surface area contributed by atoms with Gasteiger partial charge in [-0.1, -0.05) is 12.1 Å². The van der Waals surface area contributed by atoms with Crippen LogP contribution in [0, 0.1) is 5.82 Å². The van der Waals surface area contributed by atoms with Gasteiger partial charge in [-0.05, 0) is 24.6 Å². The molecular formula is C12H16FNO2S. The summed E-state index contributed by atoms with van der Waals surface area (Å²) in [5, 5.41) is 0. The molecule has 0 radical (unpaired) electrons. The number of benzene rings is 1. The molecule has 0 fully saturated rings. The molecule has 0 spiro atoms. The Kier molecular flexibility index (Phi) is 6.00. The molecule has 17 heavy (non-hydrogen) atoms. The highest BCUT2D eigenvalue weighted by atomic mass is 32.2. The molecule has 0 saturated carbocycles. The van der Waals surface area contributed by atoms with Crippen molar-refractivity contribution in [2.24, 2.45) is 5.73 Å². The van der Waals surface area contributed by atoms with E-state index in [1.54, 1.807) is 19.1 Å². The Morgan fingerprint density at radius 3 is 3.00 bits per heavy atom. The molecule has 1 aromatic rings. The molecule has 3 nitrogen and oxygen atoms in total. The van der Waals surface area contributed by atoms with Gasteiger partial charge in [0.25, 0.3) is 0 Å². The first-order chi connectivity index (χ1) is 8.13. The molecule has 5 heteroatoms. The Balaban J connectivity index is 2.35. The van der Waals surface area contributed by atoms with Gasteiger partial charge in [-0.25, -0.2) is 4.39 Å². The van der Waals surface area contributed by atoms with Gasteiger partial charge >= 0.3 is 5.97 Å². The zero-order chi connectivity index (χ0) is 12.7. The van der Waals surface area contributed by atoms with Crippen molar-refractivity contribution in [3.63, 3.8) is 0 Å². The van der Waals surface area contributed by atoms with E-state index in [9.17, 15) is 9.18 Å². The van der Waals surface area contributed by atoms with E-state index in [1.165, 1.54) is 23.9 Å². The summed E-state index contributed by atoms with van der Waals surface area (Å²) in [4.78, 5) is 11.1. The smallest absolute Gasteiger partial charge is 0.315 e. The fraction of sp³-hybridized carbons (Fsp3) is 0.417. The highest BCUT2D eigenvalue weighted by molar-refractivity contribution is 7.99. The molecule has 0 saturated heterocycles. The molecule has 0 aliphatic heterocycles. The van der Waals surface area contributed by atoms with Crippen molar-refractivity contribution >= 4 is 17.7 Å². The molecule has 0 aliphatic rings. The van der Waals surface area contributed by atoms with E-state index in [4.69, 9.17) is 10.5 Å². The van der Waals surface area contributed by atoms with E-state index in [2.05, 4.69) is 0 Å². The van der Waals surface area contributed by atoms with E-state index in [0.29, 0.717) is 12.4 Å². The maximum Gasteiger partial charge on any atom is 0.315 e. The lowest BCUT2D eigenvalue weighted by Crippen LogP contribution is -2.15. The molecule has 94 valence electrons. The number of ether oxygens (including phenoxy) is 1. The molecule has 1 aromatic carbocycles. The van der Waals surface area contributed by atoms with Gasteiger partial charge in [-0.15, -0.1) is 11.8 Å². The van der Waals surface area contributed by atoms with Crippen LogP contribution < -0.4 is 5.73 Å². The molecule has 0 heterocycles. The van der Waals surface area contributed by atoms with Crippen LogP contribution in [0.1, 0.15) is 18.5 Å².